The van der Waals surface area contributed by atoms with Crippen LogP contribution < -0.4 is 16.2 Å². The molecule has 2 aromatic carbocycles. The van der Waals surface area contributed by atoms with Crippen molar-refractivity contribution in [2.45, 2.75) is 12.6 Å². The number of nitrogens with one attached hydrogen (secondary N) is 3. The van der Waals surface area contributed by atoms with Crippen molar-refractivity contribution < 1.29 is 22.8 Å². The lowest BCUT2D eigenvalue weighted by Crippen LogP contribution is -2.44. The van der Waals surface area contributed by atoms with E-state index >= 15 is 0 Å². The number of benzene rings is 2. The minimum absolute atomic E-state index is 0.001000. The Morgan fingerprint density at radius 3 is 2.32 bits per heavy atom. The van der Waals surface area contributed by atoms with E-state index in [2.05, 4.69) is 16.2 Å². The summed E-state index contributed by atoms with van der Waals surface area (Å²) in [4.78, 5) is 23.3. The highest BCUT2D eigenvalue weighted by molar-refractivity contribution is 6.30. The molecular weight excluding hydrogens is 359 g/mol. The van der Waals surface area contributed by atoms with Crippen LogP contribution in [0.3, 0.4) is 0 Å². The first-order valence-electron chi connectivity index (χ1n) is 7.01. The lowest BCUT2D eigenvalue weighted by atomic mass is 10.1. The minimum atomic E-state index is -4.51. The topological polar surface area (TPSA) is 70.2 Å². The smallest absolute Gasteiger partial charge is 0.307 e. The van der Waals surface area contributed by atoms with E-state index in [1.54, 1.807) is 24.3 Å². The molecule has 0 fully saturated rings. The Kier molecular flexibility index (Phi) is 5.87. The molecule has 0 spiro atoms. The van der Waals surface area contributed by atoms with Crippen molar-refractivity contribution in [3.63, 3.8) is 0 Å². The van der Waals surface area contributed by atoms with Crippen LogP contribution in [0.5, 0.6) is 0 Å². The van der Waals surface area contributed by atoms with Gasteiger partial charge in [-0.2, -0.15) is 13.2 Å². The maximum absolute atomic E-state index is 12.6. The zero-order valence-electron chi connectivity index (χ0n) is 12.7. The third kappa shape index (κ3) is 6.00. The summed E-state index contributed by atoms with van der Waals surface area (Å²) in [6.07, 6.45) is -4.51. The zero-order valence-corrected chi connectivity index (χ0v) is 13.4. The van der Waals surface area contributed by atoms with Crippen molar-refractivity contribution >= 4 is 29.2 Å². The van der Waals surface area contributed by atoms with Crippen LogP contribution in [0.2, 0.25) is 5.02 Å². The summed E-state index contributed by atoms with van der Waals surface area (Å²) in [5.41, 5.74) is 3.95. The van der Waals surface area contributed by atoms with Gasteiger partial charge in [-0.15, -0.1) is 0 Å². The van der Waals surface area contributed by atoms with Crippen molar-refractivity contribution in [3.05, 3.63) is 64.7 Å². The largest absolute Gasteiger partial charge is 0.416 e. The Morgan fingerprint density at radius 1 is 1.00 bits per heavy atom. The second-order valence-electron chi connectivity index (χ2n) is 5.01. The molecule has 3 amide bonds. The molecule has 0 saturated carbocycles. The summed E-state index contributed by atoms with van der Waals surface area (Å²) >= 11 is 5.73. The van der Waals surface area contributed by atoms with Crippen LogP contribution in [0.15, 0.2) is 48.5 Å². The first-order chi connectivity index (χ1) is 11.7. The molecular formula is C16H13ClF3N3O2. The SMILES string of the molecule is O=C(Cc1ccc(Cl)cc1)NNC(=O)Nc1cccc(C(F)(F)F)c1. The van der Waals surface area contributed by atoms with Crippen molar-refractivity contribution in [2.75, 3.05) is 5.32 Å². The summed E-state index contributed by atoms with van der Waals surface area (Å²) in [5.74, 6) is -0.499. The molecule has 3 N–H and O–H groups in total. The van der Waals surface area contributed by atoms with Gasteiger partial charge in [-0.1, -0.05) is 29.8 Å². The second-order valence-corrected chi connectivity index (χ2v) is 5.45. The van der Waals surface area contributed by atoms with Gasteiger partial charge in [-0.25, -0.2) is 10.2 Å². The van der Waals surface area contributed by atoms with E-state index in [-0.39, 0.29) is 12.1 Å². The highest BCUT2D eigenvalue weighted by Gasteiger charge is 2.30. The van der Waals surface area contributed by atoms with Gasteiger partial charge in [0, 0.05) is 10.7 Å². The monoisotopic (exact) mass is 371 g/mol. The molecule has 132 valence electrons. The molecule has 5 nitrogen and oxygen atoms in total. The van der Waals surface area contributed by atoms with Gasteiger partial charge in [-0.3, -0.25) is 10.2 Å². The second kappa shape index (κ2) is 7.89. The number of urea groups is 1. The lowest BCUT2D eigenvalue weighted by molar-refractivity contribution is -0.137. The van der Waals surface area contributed by atoms with Gasteiger partial charge in [-0.05, 0) is 35.9 Å². The Labute approximate surface area is 146 Å². The summed E-state index contributed by atoms with van der Waals surface area (Å²) in [5, 5.41) is 2.73. The molecule has 0 heterocycles. The summed E-state index contributed by atoms with van der Waals surface area (Å²) in [7, 11) is 0. The van der Waals surface area contributed by atoms with E-state index in [9.17, 15) is 22.8 Å². The number of alkyl halides is 3. The van der Waals surface area contributed by atoms with E-state index in [1.165, 1.54) is 6.07 Å². The third-order valence-electron chi connectivity index (χ3n) is 3.04. The summed E-state index contributed by atoms with van der Waals surface area (Å²) < 4.78 is 37.8. The van der Waals surface area contributed by atoms with E-state index in [0.29, 0.717) is 10.6 Å². The highest BCUT2D eigenvalue weighted by atomic mass is 35.5. The van der Waals surface area contributed by atoms with Gasteiger partial charge in [0.05, 0.1) is 12.0 Å². The van der Waals surface area contributed by atoms with Crippen molar-refractivity contribution in [1.82, 2.24) is 10.9 Å². The molecule has 0 saturated heterocycles. The van der Waals surface area contributed by atoms with Crippen molar-refractivity contribution in [2.24, 2.45) is 0 Å². The number of rotatable bonds is 3. The summed E-state index contributed by atoms with van der Waals surface area (Å²) in [6.45, 7) is 0. The van der Waals surface area contributed by atoms with Gasteiger partial charge < -0.3 is 5.32 Å². The van der Waals surface area contributed by atoms with Crippen molar-refractivity contribution in [3.8, 4) is 0 Å². The molecule has 0 unspecified atom stereocenters. The van der Waals surface area contributed by atoms with E-state index in [1.807, 2.05) is 0 Å². The maximum Gasteiger partial charge on any atom is 0.416 e. The Balaban J connectivity index is 1.84. The number of hydrogen-bond acceptors (Lipinski definition) is 2. The predicted molar refractivity (Wildman–Crippen MR) is 86.9 cm³/mol. The molecule has 2 rings (SSSR count). The van der Waals surface area contributed by atoms with Gasteiger partial charge in [0.2, 0.25) is 5.91 Å². The standard InChI is InChI=1S/C16H13ClF3N3O2/c17-12-6-4-10(5-7-12)8-14(24)22-23-15(25)21-13-3-1-2-11(9-13)16(18,19)20/h1-7,9H,8H2,(H,22,24)(H2,21,23,25). The van der Waals surface area contributed by atoms with Crippen LogP contribution in [0.1, 0.15) is 11.1 Å². The maximum atomic E-state index is 12.6. The first-order valence-corrected chi connectivity index (χ1v) is 7.39. The molecule has 0 bridgehead atoms. The number of amides is 3. The van der Waals surface area contributed by atoms with Crippen LogP contribution in [0.4, 0.5) is 23.7 Å². The molecule has 9 heteroatoms. The third-order valence-corrected chi connectivity index (χ3v) is 3.29. The van der Waals surface area contributed by atoms with E-state index < -0.39 is 23.7 Å². The number of carbonyl (C=O) groups is 2. The number of hydrogen-bond donors (Lipinski definition) is 3. The molecule has 0 aliphatic rings. The average Bonchev–Trinajstić information content (AvgIpc) is 2.55. The molecule has 0 atom stereocenters. The Hall–Kier alpha value is -2.74. The van der Waals surface area contributed by atoms with Crippen LogP contribution in [0.25, 0.3) is 0 Å². The number of carbonyl (C=O) groups excluding carboxylic acids is 2. The average molecular weight is 372 g/mol. The van der Waals surface area contributed by atoms with Crippen LogP contribution in [-0.4, -0.2) is 11.9 Å². The molecule has 0 aliphatic heterocycles. The minimum Gasteiger partial charge on any atom is -0.307 e. The fourth-order valence-corrected chi connectivity index (χ4v) is 2.02. The number of anilines is 1. The molecule has 2 aromatic rings. The molecule has 0 aromatic heterocycles. The van der Waals surface area contributed by atoms with Gasteiger partial charge >= 0.3 is 12.2 Å². The normalized spacial score (nSPS) is 10.9. The van der Waals surface area contributed by atoms with Crippen LogP contribution >= 0.6 is 11.6 Å². The number of hydrazine groups is 1. The zero-order chi connectivity index (χ0) is 18.4. The van der Waals surface area contributed by atoms with E-state index in [4.69, 9.17) is 11.6 Å². The molecule has 0 radical (unpaired) electrons. The Morgan fingerprint density at radius 2 is 1.68 bits per heavy atom. The van der Waals surface area contributed by atoms with Crippen molar-refractivity contribution in [1.29, 1.82) is 0 Å². The quantitative estimate of drug-likeness (QED) is 0.719. The van der Waals surface area contributed by atoms with E-state index in [0.717, 1.165) is 18.2 Å². The fraction of sp³-hybridized carbons (Fsp3) is 0.125. The predicted octanol–water partition coefficient (Wildman–Crippen LogP) is 3.75. The van der Waals surface area contributed by atoms with Gasteiger partial charge in [0.1, 0.15) is 0 Å². The molecule has 25 heavy (non-hydrogen) atoms. The number of halogens is 4. The first kappa shape index (κ1) is 18.6. The van der Waals surface area contributed by atoms with Gasteiger partial charge in [0.25, 0.3) is 0 Å². The lowest BCUT2D eigenvalue weighted by Gasteiger charge is -2.11. The van der Waals surface area contributed by atoms with Crippen LogP contribution in [-0.2, 0) is 17.4 Å². The highest BCUT2D eigenvalue weighted by Crippen LogP contribution is 2.30. The fourth-order valence-electron chi connectivity index (χ4n) is 1.89. The van der Waals surface area contributed by atoms with Gasteiger partial charge in [0.15, 0.2) is 0 Å². The molecule has 0 aliphatic carbocycles. The Bertz CT molecular complexity index is 764. The van der Waals surface area contributed by atoms with Crippen LogP contribution in [0, 0.1) is 0 Å². The summed E-state index contributed by atoms with van der Waals surface area (Å²) in [6, 6.07) is 9.82.